The van der Waals surface area contributed by atoms with Crippen LogP contribution in [-0.2, 0) is 0 Å². The maximum Gasteiger partial charge on any atom is -0.0202 e. The molecule has 2 aliphatic rings. The van der Waals surface area contributed by atoms with E-state index in [0.717, 1.165) is 36.0 Å². The van der Waals surface area contributed by atoms with E-state index >= 15 is 0 Å². The van der Waals surface area contributed by atoms with Crippen molar-refractivity contribution in [1.82, 2.24) is 0 Å². The zero-order chi connectivity index (χ0) is 21.8. The van der Waals surface area contributed by atoms with Gasteiger partial charge in [0.2, 0.25) is 0 Å². The van der Waals surface area contributed by atoms with Crippen LogP contribution < -0.4 is 0 Å². The van der Waals surface area contributed by atoms with E-state index in [2.05, 4.69) is 64.7 Å². The molecular formula is C30H50. The Kier molecular flexibility index (Phi) is 11.9. The lowest BCUT2D eigenvalue weighted by Gasteiger charge is -2.31. The molecule has 0 aromatic rings. The predicted molar refractivity (Wildman–Crippen MR) is 136 cm³/mol. The van der Waals surface area contributed by atoms with Crippen molar-refractivity contribution in [2.75, 3.05) is 0 Å². The summed E-state index contributed by atoms with van der Waals surface area (Å²) in [5, 5.41) is 0. The van der Waals surface area contributed by atoms with Gasteiger partial charge in [-0.3, -0.25) is 0 Å². The van der Waals surface area contributed by atoms with Crippen LogP contribution in [0.4, 0.5) is 0 Å². The summed E-state index contributed by atoms with van der Waals surface area (Å²) in [6, 6.07) is 0. The minimum absolute atomic E-state index is 0.853. The van der Waals surface area contributed by atoms with Crippen LogP contribution in [0.5, 0.6) is 0 Å². The van der Waals surface area contributed by atoms with Crippen LogP contribution in [0, 0.1) is 29.6 Å². The third-order valence-electron chi connectivity index (χ3n) is 8.10. The summed E-state index contributed by atoms with van der Waals surface area (Å²) in [7, 11) is 0. The number of hydrogen-bond donors (Lipinski definition) is 0. The average Bonchev–Trinajstić information content (AvgIpc) is 2.98. The Balaban J connectivity index is 1.80. The SMILES string of the molecule is C=C(C=CC(=CC)CC)CC1CCCC(CC2C=CCCC2CCC(C)CC)CC1. The van der Waals surface area contributed by atoms with Crippen molar-refractivity contribution in [3.63, 3.8) is 0 Å². The van der Waals surface area contributed by atoms with E-state index in [0.29, 0.717) is 0 Å². The number of allylic oxidation sites excluding steroid dienone is 7. The molecule has 0 aromatic heterocycles. The van der Waals surface area contributed by atoms with Gasteiger partial charge in [0.15, 0.2) is 0 Å². The smallest absolute Gasteiger partial charge is 0.0202 e. The molecule has 1 saturated carbocycles. The van der Waals surface area contributed by atoms with Gasteiger partial charge in [-0.25, -0.2) is 0 Å². The topological polar surface area (TPSA) is 0 Å². The molecule has 1 fully saturated rings. The van der Waals surface area contributed by atoms with E-state index < -0.39 is 0 Å². The summed E-state index contributed by atoms with van der Waals surface area (Å²) in [6.45, 7) is 13.5. The highest BCUT2D eigenvalue weighted by Gasteiger charge is 2.27. The van der Waals surface area contributed by atoms with Crippen molar-refractivity contribution in [3.05, 3.63) is 48.1 Å². The first kappa shape index (κ1) is 25.2. The Hall–Kier alpha value is -1.04. The molecule has 0 amide bonds. The fourth-order valence-electron chi connectivity index (χ4n) is 5.65. The van der Waals surface area contributed by atoms with Gasteiger partial charge in [-0.2, -0.15) is 0 Å². The first-order chi connectivity index (χ1) is 14.5. The molecular weight excluding hydrogens is 360 g/mol. The zero-order valence-electron chi connectivity index (χ0n) is 20.7. The highest BCUT2D eigenvalue weighted by atomic mass is 14.3. The molecule has 5 unspecified atom stereocenters. The molecule has 0 heteroatoms. The molecule has 0 spiro atoms. The van der Waals surface area contributed by atoms with E-state index in [1.807, 2.05) is 0 Å². The Morgan fingerprint density at radius 3 is 2.57 bits per heavy atom. The Morgan fingerprint density at radius 2 is 1.83 bits per heavy atom. The molecule has 0 nitrogen and oxygen atoms in total. The van der Waals surface area contributed by atoms with Gasteiger partial charge in [0.1, 0.15) is 0 Å². The molecule has 0 radical (unpaired) electrons. The van der Waals surface area contributed by atoms with Crippen LogP contribution in [0.15, 0.2) is 48.1 Å². The maximum atomic E-state index is 4.36. The second kappa shape index (κ2) is 14.1. The van der Waals surface area contributed by atoms with Gasteiger partial charge in [0.05, 0.1) is 0 Å². The molecule has 0 heterocycles. The van der Waals surface area contributed by atoms with Crippen molar-refractivity contribution in [2.45, 2.75) is 111 Å². The normalized spacial score (nSPS) is 29.1. The molecule has 0 saturated heterocycles. The van der Waals surface area contributed by atoms with Gasteiger partial charge in [-0.05, 0) is 81.5 Å². The van der Waals surface area contributed by atoms with E-state index in [9.17, 15) is 0 Å². The van der Waals surface area contributed by atoms with Gasteiger partial charge in [0, 0.05) is 0 Å². The minimum atomic E-state index is 0.853. The predicted octanol–water partition coefficient (Wildman–Crippen LogP) is 9.84. The summed E-state index contributed by atoms with van der Waals surface area (Å²) in [4.78, 5) is 0. The van der Waals surface area contributed by atoms with E-state index in [4.69, 9.17) is 0 Å². The Bertz CT molecular complexity index is 575. The summed E-state index contributed by atoms with van der Waals surface area (Å²) < 4.78 is 0. The average molecular weight is 411 g/mol. The highest BCUT2D eigenvalue weighted by Crippen LogP contribution is 2.39. The molecule has 0 aliphatic heterocycles. The molecule has 30 heavy (non-hydrogen) atoms. The largest absolute Gasteiger partial charge is 0.0958 e. The quantitative estimate of drug-likeness (QED) is 0.180. The van der Waals surface area contributed by atoms with Gasteiger partial charge in [-0.1, -0.05) is 107 Å². The first-order valence-electron chi connectivity index (χ1n) is 13.2. The summed E-state index contributed by atoms with van der Waals surface area (Å²) in [5.74, 6) is 4.51. The molecule has 0 bridgehead atoms. The Morgan fingerprint density at radius 1 is 1.07 bits per heavy atom. The van der Waals surface area contributed by atoms with Crippen molar-refractivity contribution in [3.8, 4) is 0 Å². The third-order valence-corrected chi connectivity index (χ3v) is 8.10. The van der Waals surface area contributed by atoms with Crippen LogP contribution in [0.25, 0.3) is 0 Å². The molecule has 0 N–H and O–H groups in total. The lowest BCUT2D eigenvalue weighted by molar-refractivity contribution is 0.249. The van der Waals surface area contributed by atoms with E-state index in [-0.39, 0.29) is 0 Å². The molecule has 0 aromatic carbocycles. The monoisotopic (exact) mass is 410 g/mol. The van der Waals surface area contributed by atoms with Crippen molar-refractivity contribution < 1.29 is 0 Å². The van der Waals surface area contributed by atoms with Crippen LogP contribution in [-0.4, -0.2) is 0 Å². The third kappa shape index (κ3) is 8.99. The minimum Gasteiger partial charge on any atom is -0.0958 e. The van der Waals surface area contributed by atoms with E-state index in [1.165, 1.54) is 88.2 Å². The first-order valence-corrected chi connectivity index (χ1v) is 13.2. The lowest BCUT2D eigenvalue weighted by Crippen LogP contribution is -2.20. The molecule has 170 valence electrons. The lowest BCUT2D eigenvalue weighted by atomic mass is 9.74. The van der Waals surface area contributed by atoms with Gasteiger partial charge >= 0.3 is 0 Å². The van der Waals surface area contributed by atoms with Crippen LogP contribution in [0.3, 0.4) is 0 Å². The Labute approximate surface area is 189 Å². The fraction of sp³-hybridized carbons (Fsp3) is 0.733. The second-order valence-electron chi connectivity index (χ2n) is 10.4. The van der Waals surface area contributed by atoms with Crippen molar-refractivity contribution in [2.24, 2.45) is 29.6 Å². The molecule has 5 atom stereocenters. The van der Waals surface area contributed by atoms with Crippen LogP contribution >= 0.6 is 0 Å². The van der Waals surface area contributed by atoms with Crippen molar-refractivity contribution in [1.29, 1.82) is 0 Å². The summed E-state index contributed by atoms with van der Waals surface area (Å²) >= 11 is 0. The van der Waals surface area contributed by atoms with Gasteiger partial charge < -0.3 is 0 Å². The number of hydrogen-bond acceptors (Lipinski definition) is 0. The van der Waals surface area contributed by atoms with E-state index in [1.54, 1.807) is 0 Å². The summed E-state index contributed by atoms with van der Waals surface area (Å²) in [5.41, 5.74) is 2.74. The van der Waals surface area contributed by atoms with Gasteiger partial charge in [0.25, 0.3) is 0 Å². The van der Waals surface area contributed by atoms with Gasteiger partial charge in [-0.15, -0.1) is 0 Å². The highest BCUT2D eigenvalue weighted by molar-refractivity contribution is 5.25. The standard InChI is InChI=1S/C30H50/c1-6-24(4)17-21-29-14-9-10-15-30(29)23-28-13-11-12-27(19-20-28)22-25(5)16-18-26(7-2)8-3/h7,10,15-16,18,24,27-30H,5-6,8-9,11-14,17,19-23H2,1-4H3. The second-order valence-corrected chi connectivity index (χ2v) is 10.4. The zero-order valence-corrected chi connectivity index (χ0v) is 20.7. The molecule has 2 rings (SSSR count). The van der Waals surface area contributed by atoms with Crippen molar-refractivity contribution >= 4 is 0 Å². The maximum absolute atomic E-state index is 4.36. The number of rotatable bonds is 11. The molecule has 2 aliphatic carbocycles. The fourth-order valence-corrected chi connectivity index (χ4v) is 5.65. The summed E-state index contributed by atoms with van der Waals surface area (Å²) in [6.07, 6.45) is 29.7. The van der Waals surface area contributed by atoms with Crippen LogP contribution in [0.2, 0.25) is 0 Å². The van der Waals surface area contributed by atoms with Crippen LogP contribution in [0.1, 0.15) is 111 Å².